The summed E-state index contributed by atoms with van der Waals surface area (Å²) >= 11 is 3.43. The van der Waals surface area contributed by atoms with Crippen LogP contribution in [0.2, 0.25) is 0 Å². The van der Waals surface area contributed by atoms with Gasteiger partial charge in [0.2, 0.25) is 18.2 Å². The predicted molar refractivity (Wildman–Crippen MR) is 91.1 cm³/mol. The fourth-order valence-corrected chi connectivity index (χ4v) is 2.74. The van der Waals surface area contributed by atoms with Crippen LogP contribution in [0.4, 0.5) is 5.69 Å². The molecule has 1 aliphatic rings. The van der Waals surface area contributed by atoms with Crippen LogP contribution in [0.1, 0.15) is 12.5 Å². The molecule has 124 valence electrons. The Morgan fingerprint density at radius 2 is 1.91 bits per heavy atom. The maximum absolute atomic E-state index is 12.4. The van der Waals surface area contributed by atoms with Gasteiger partial charge in [0.1, 0.15) is 6.54 Å². The number of anilines is 1. The van der Waals surface area contributed by atoms with Crippen molar-refractivity contribution in [2.45, 2.75) is 13.8 Å². The van der Waals surface area contributed by atoms with Crippen LogP contribution in [0.15, 0.2) is 22.7 Å². The Balaban J connectivity index is 2.07. The van der Waals surface area contributed by atoms with Gasteiger partial charge in [-0.25, -0.2) is 0 Å². The molecule has 0 aromatic heterocycles. The molecule has 3 amide bonds. The van der Waals surface area contributed by atoms with Crippen molar-refractivity contribution in [2.75, 3.05) is 37.6 Å². The molecule has 0 atom stereocenters. The van der Waals surface area contributed by atoms with Crippen molar-refractivity contribution in [3.63, 3.8) is 0 Å². The summed E-state index contributed by atoms with van der Waals surface area (Å²) in [5, 5.41) is 0. The molecule has 1 fully saturated rings. The lowest BCUT2D eigenvalue weighted by molar-refractivity contribution is -0.134. The highest BCUT2D eigenvalue weighted by Gasteiger charge is 2.24. The molecule has 1 aromatic rings. The molecule has 1 aromatic carbocycles. The minimum atomic E-state index is -0.174. The fourth-order valence-electron chi connectivity index (χ4n) is 2.49. The van der Waals surface area contributed by atoms with E-state index in [0.29, 0.717) is 31.9 Å². The molecule has 0 unspecified atom stereocenters. The number of carbonyl (C=O) groups is 3. The van der Waals surface area contributed by atoms with Crippen LogP contribution in [0.25, 0.3) is 0 Å². The molecule has 6 nitrogen and oxygen atoms in total. The summed E-state index contributed by atoms with van der Waals surface area (Å²) in [7, 11) is 0. The van der Waals surface area contributed by atoms with Crippen molar-refractivity contribution in [3.05, 3.63) is 28.2 Å². The van der Waals surface area contributed by atoms with Gasteiger partial charge in [-0.1, -0.05) is 15.9 Å². The molecule has 1 saturated heterocycles. The standard InChI is InChI=1S/C16H20BrN3O3/c1-12-9-14(3-4-15(12)17)20(13(2)22)10-16(23)19-7-5-18(11-21)6-8-19/h3-4,9,11H,5-8,10H2,1-2H3. The molecule has 0 saturated carbocycles. The number of rotatable bonds is 4. The number of halogens is 1. The van der Waals surface area contributed by atoms with Gasteiger partial charge in [0.15, 0.2) is 0 Å². The lowest BCUT2D eigenvalue weighted by Gasteiger charge is -2.34. The van der Waals surface area contributed by atoms with Crippen LogP contribution in [0.5, 0.6) is 0 Å². The van der Waals surface area contributed by atoms with Crippen LogP contribution >= 0.6 is 15.9 Å². The van der Waals surface area contributed by atoms with E-state index in [0.717, 1.165) is 16.4 Å². The number of hydrogen-bond acceptors (Lipinski definition) is 3. The third-order valence-corrected chi connectivity index (χ3v) is 4.83. The van der Waals surface area contributed by atoms with E-state index < -0.39 is 0 Å². The Morgan fingerprint density at radius 1 is 1.26 bits per heavy atom. The van der Waals surface area contributed by atoms with Gasteiger partial charge in [-0.15, -0.1) is 0 Å². The highest BCUT2D eigenvalue weighted by molar-refractivity contribution is 9.10. The summed E-state index contributed by atoms with van der Waals surface area (Å²) in [6, 6.07) is 5.56. The summed E-state index contributed by atoms with van der Waals surface area (Å²) in [5.41, 5.74) is 1.71. The Labute approximate surface area is 144 Å². The Bertz CT molecular complexity index is 613. The molecule has 1 aliphatic heterocycles. The van der Waals surface area contributed by atoms with E-state index in [2.05, 4.69) is 15.9 Å². The quantitative estimate of drug-likeness (QED) is 0.740. The Kier molecular flexibility index (Phi) is 5.76. The zero-order chi connectivity index (χ0) is 17.0. The Hall–Kier alpha value is -1.89. The molecule has 0 spiro atoms. The highest BCUT2D eigenvalue weighted by atomic mass is 79.9. The van der Waals surface area contributed by atoms with Gasteiger partial charge < -0.3 is 14.7 Å². The van der Waals surface area contributed by atoms with Crippen molar-refractivity contribution in [3.8, 4) is 0 Å². The van der Waals surface area contributed by atoms with Gasteiger partial charge in [-0.05, 0) is 30.7 Å². The van der Waals surface area contributed by atoms with Crippen LogP contribution < -0.4 is 4.90 Å². The van der Waals surface area contributed by atoms with Gasteiger partial charge in [-0.3, -0.25) is 14.4 Å². The second-order valence-corrected chi connectivity index (χ2v) is 6.42. The number of benzene rings is 1. The Morgan fingerprint density at radius 3 is 2.43 bits per heavy atom. The van der Waals surface area contributed by atoms with Crippen LogP contribution in [-0.2, 0) is 14.4 Å². The van der Waals surface area contributed by atoms with E-state index in [4.69, 9.17) is 0 Å². The molecule has 7 heteroatoms. The monoisotopic (exact) mass is 381 g/mol. The van der Waals surface area contributed by atoms with E-state index in [9.17, 15) is 14.4 Å². The SMILES string of the molecule is CC(=O)N(CC(=O)N1CCN(C=O)CC1)c1ccc(Br)c(C)c1. The summed E-state index contributed by atoms with van der Waals surface area (Å²) in [6.45, 7) is 5.48. The summed E-state index contributed by atoms with van der Waals surface area (Å²) in [5.74, 6) is -0.280. The molecule has 23 heavy (non-hydrogen) atoms. The largest absolute Gasteiger partial charge is 0.342 e. The summed E-state index contributed by atoms with van der Waals surface area (Å²) in [6.07, 6.45) is 0.800. The van der Waals surface area contributed by atoms with E-state index in [-0.39, 0.29) is 18.4 Å². The van der Waals surface area contributed by atoms with E-state index >= 15 is 0 Å². The average molecular weight is 382 g/mol. The third-order valence-electron chi connectivity index (χ3n) is 3.94. The van der Waals surface area contributed by atoms with E-state index in [1.807, 2.05) is 25.1 Å². The smallest absolute Gasteiger partial charge is 0.242 e. The first-order valence-electron chi connectivity index (χ1n) is 7.43. The zero-order valence-corrected chi connectivity index (χ0v) is 14.9. The molecule has 2 rings (SSSR count). The maximum atomic E-state index is 12.4. The number of aryl methyl sites for hydroxylation is 1. The number of amides is 3. The number of piperazine rings is 1. The first-order chi connectivity index (χ1) is 10.9. The molecule has 0 radical (unpaired) electrons. The second-order valence-electron chi connectivity index (χ2n) is 5.56. The highest BCUT2D eigenvalue weighted by Crippen LogP contribution is 2.23. The maximum Gasteiger partial charge on any atom is 0.242 e. The summed E-state index contributed by atoms with van der Waals surface area (Å²) < 4.78 is 0.959. The van der Waals surface area contributed by atoms with Gasteiger partial charge in [-0.2, -0.15) is 0 Å². The van der Waals surface area contributed by atoms with Gasteiger partial charge in [0.25, 0.3) is 0 Å². The van der Waals surface area contributed by atoms with Crippen molar-refractivity contribution < 1.29 is 14.4 Å². The number of carbonyl (C=O) groups excluding carboxylic acids is 3. The first kappa shape index (κ1) is 17.5. The number of nitrogens with zero attached hydrogens (tertiary/aromatic N) is 3. The first-order valence-corrected chi connectivity index (χ1v) is 8.23. The van der Waals surface area contributed by atoms with Crippen LogP contribution in [-0.4, -0.2) is 60.7 Å². The van der Waals surface area contributed by atoms with Crippen LogP contribution in [0.3, 0.4) is 0 Å². The molecule has 0 aliphatic carbocycles. The van der Waals surface area contributed by atoms with E-state index in [1.165, 1.54) is 11.8 Å². The van der Waals surface area contributed by atoms with Gasteiger partial charge in [0.05, 0.1) is 0 Å². The van der Waals surface area contributed by atoms with Gasteiger partial charge >= 0.3 is 0 Å². The molecule has 0 bridgehead atoms. The minimum absolute atomic E-state index is 0.0114. The third kappa shape index (κ3) is 4.31. The normalized spacial score (nSPS) is 14.6. The number of hydrogen-bond donors (Lipinski definition) is 0. The van der Waals surface area contributed by atoms with Crippen molar-refractivity contribution in [2.24, 2.45) is 0 Å². The molecular formula is C16H20BrN3O3. The summed E-state index contributed by atoms with van der Waals surface area (Å²) in [4.78, 5) is 39.9. The van der Waals surface area contributed by atoms with Gasteiger partial charge in [0, 0.05) is 43.3 Å². The molecule has 1 heterocycles. The van der Waals surface area contributed by atoms with Crippen LogP contribution in [0, 0.1) is 6.92 Å². The topological polar surface area (TPSA) is 60.9 Å². The zero-order valence-electron chi connectivity index (χ0n) is 13.3. The lowest BCUT2D eigenvalue weighted by atomic mass is 10.2. The van der Waals surface area contributed by atoms with Crippen molar-refractivity contribution in [1.82, 2.24) is 9.80 Å². The van der Waals surface area contributed by atoms with Crippen molar-refractivity contribution in [1.29, 1.82) is 0 Å². The second kappa shape index (κ2) is 7.59. The fraction of sp³-hybridized carbons (Fsp3) is 0.438. The minimum Gasteiger partial charge on any atom is -0.342 e. The molecule has 0 N–H and O–H groups in total. The average Bonchev–Trinajstić information content (AvgIpc) is 2.55. The predicted octanol–water partition coefficient (Wildman–Crippen LogP) is 1.41. The lowest BCUT2D eigenvalue weighted by Crippen LogP contribution is -2.51. The molecular weight excluding hydrogens is 362 g/mol. The van der Waals surface area contributed by atoms with Crippen molar-refractivity contribution >= 4 is 39.8 Å². The van der Waals surface area contributed by atoms with E-state index in [1.54, 1.807) is 9.80 Å².